The fourth-order valence-electron chi connectivity index (χ4n) is 4.33. The van der Waals surface area contributed by atoms with Crippen LogP contribution in [0, 0.1) is 17.3 Å². The average molecular weight is 533 g/mol. The maximum atomic E-state index is 13.3. The van der Waals surface area contributed by atoms with Gasteiger partial charge in [-0.1, -0.05) is 11.8 Å². The summed E-state index contributed by atoms with van der Waals surface area (Å²) in [5, 5.41) is 10.2. The smallest absolute Gasteiger partial charge is 0.424 e. The van der Waals surface area contributed by atoms with Gasteiger partial charge in [-0.15, -0.1) is 11.6 Å². The van der Waals surface area contributed by atoms with Crippen molar-refractivity contribution in [2.75, 3.05) is 23.9 Å². The standard InChI is InChI=1S/C27H33ClN2O7/c1-25(2,3)37-24(34)30-21(31)11-14-27(23(30)33)17-22(32)29(18-27)19-7-9-20(10-8-19)36-16-6-13-26(4,35)12-5-15-28/h7-10,35H,5,11-12,14-18H2,1-4H3. The molecular formula is C27H33ClN2O7. The first-order valence-electron chi connectivity index (χ1n) is 12.2. The first-order valence-corrected chi connectivity index (χ1v) is 12.7. The Balaban J connectivity index is 1.66. The van der Waals surface area contributed by atoms with Crippen LogP contribution in [-0.4, -0.2) is 64.1 Å². The van der Waals surface area contributed by atoms with E-state index in [1.807, 2.05) is 0 Å². The SMILES string of the molecule is CC(O)(C#CCOc1ccc(N2CC3(CCC(=O)N(C(=O)OC(C)(C)C)C3=O)CC2=O)cc1)CCCCl. The van der Waals surface area contributed by atoms with Gasteiger partial charge in [-0.05, 0) is 71.2 Å². The predicted molar refractivity (Wildman–Crippen MR) is 137 cm³/mol. The van der Waals surface area contributed by atoms with E-state index in [2.05, 4.69) is 11.8 Å². The van der Waals surface area contributed by atoms with E-state index < -0.39 is 34.5 Å². The Morgan fingerprint density at radius 1 is 1.14 bits per heavy atom. The van der Waals surface area contributed by atoms with Gasteiger partial charge in [0.05, 0.1) is 5.41 Å². The van der Waals surface area contributed by atoms with Crippen molar-refractivity contribution < 1.29 is 33.8 Å². The number of nitrogens with zero attached hydrogens (tertiary/aromatic N) is 2. The number of likely N-dealkylation sites (tertiary alicyclic amines) is 1. The summed E-state index contributed by atoms with van der Waals surface area (Å²) < 4.78 is 10.9. The van der Waals surface area contributed by atoms with Crippen molar-refractivity contribution >= 4 is 41.1 Å². The van der Waals surface area contributed by atoms with Crippen LogP contribution >= 0.6 is 11.6 Å². The number of halogens is 1. The molecule has 1 aromatic carbocycles. The zero-order valence-electron chi connectivity index (χ0n) is 21.6. The van der Waals surface area contributed by atoms with E-state index in [9.17, 15) is 24.3 Å². The van der Waals surface area contributed by atoms with Gasteiger partial charge in [0.15, 0.2) is 0 Å². The van der Waals surface area contributed by atoms with Crippen molar-refractivity contribution in [3.8, 4) is 17.6 Å². The van der Waals surface area contributed by atoms with Gasteiger partial charge in [0.2, 0.25) is 17.7 Å². The number of aliphatic hydroxyl groups is 1. The van der Waals surface area contributed by atoms with Crippen LogP contribution in [0.1, 0.15) is 59.8 Å². The third kappa shape index (κ3) is 7.02. The number of ether oxygens (including phenoxy) is 2. The summed E-state index contributed by atoms with van der Waals surface area (Å²) in [5.74, 6) is 4.94. The fourth-order valence-corrected chi connectivity index (χ4v) is 4.46. The zero-order valence-corrected chi connectivity index (χ0v) is 22.4. The number of hydrogen-bond acceptors (Lipinski definition) is 7. The van der Waals surface area contributed by atoms with Crippen LogP contribution in [-0.2, 0) is 19.1 Å². The molecule has 2 aliphatic heterocycles. The van der Waals surface area contributed by atoms with Gasteiger partial charge in [-0.2, -0.15) is 4.90 Å². The molecule has 200 valence electrons. The van der Waals surface area contributed by atoms with E-state index >= 15 is 0 Å². The Morgan fingerprint density at radius 3 is 2.43 bits per heavy atom. The molecule has 10 heteroatoms. The molecule has 3 rings (SSSR count). The van der Waals surface area contributed by atoms with E-state index in [4.69, 9.17) is 21.1 Å². The molecule has 1 N–H and O–H groups in total. The zero-order chi connectivity index (χ0) is 27.4. The summed E-state index contributed by atoms with van der Waals surface area (Å²) in [7, 11) is 0. The lowest BCUT2D eigenvalue weighted by atomic mass is 9.78. The summed E-state index contributed by atoms with van der Waals surface area (Å²) in [4.78, 5) is 53.3. The molecule has 0 aromatic heterocycles. The second kappa shape index (κ2) is 11.1. The summed E-state index contributed by atoms with van der Waals surface area (Å²) >= 11 is 5.65. The van der Waals surface area contributed by atoms with Gasteiger partial charge in [0, 0.05) is 31.0 Å². The lowest BCUT2D eigenvalue weighted by Crippen LogP contribution is -2.55. The molecule has 2 unspecified atom stereocenters. The van der Waals surface area contributed by atoms with Gasteiger partial charge < -0.3 is 19.5 Å². The minimum atomic E-state index is -1.17. The first kappa shape index (κ1) is 28.5. The highest BCUT2D eigenvalue weighted by atomic mass is 35.5. The summed E-state index contributed by atoms with van der Waals surface area (Å²) in [6.07, 6.45) is 0.159. The highest BCUT2D eigenvalue weighted by molar-refractivity contribution is 6.17. The van der Waals surface area contributed by atoms with Crippen LogP contribution in [0.15, 0.2) is 24.3 Å². The minimum Gasteiger partial charge on any atom is -0.481 e. The van der Waals surface area contributed by atoms with Crippen LogP contribution in [0.25, 0.3) is 0 Å². The normalized spacial score (nSPS) is 21.5. The molecule has 0 saturated carbocycles. The molecule has 2 fully saturated rings. The Hall–Kier alpha value is -3.09. The Morgan fingerprint density at radius 2 is 1.81 bits per heavy atom. The van der Waals surface area contributed by atoms with Gasteiger partial charge in [0.25, 0.3) is 0 Å². The van der Waals surface area contributed by atoms with Crippen molar-refractivity contribution in [2.45, 2.75) is 71.0 Å². The number of benzene rings is 1. The van der Waals surface area contributed by atoms with Crippen molar-refractivity contribution in [3.63, 3.8) is 0 Å². The molecule has 37 heavy (non-hydrogen) atoms. The topological polar surface area (TPSA) is 113 Å². The van der Waals surface area contributed by atoms with Crippen LogP contribution in [0.3, 0.4) is 0 Å². The van der Waals surface area contributed by atoms with Gasteiger partial charge >= 0.3 is 6.09 Å². The number of alkyl halides is 1. The van der Waals surface area contributed by atoms with Crippen molar-refractivity contribution in [2.24, 2.45) is 5.41 Å². The van der Waals surface area contributed by atoms with Gasteiger partial charge in [-0.3, -0.25) is 14.4 Å². The van der Waals surface area contributed by atoms with E-state index in [0.717, 1.165) is 0 Å². The third-order valence-corrected chi connectivity index (χ3v) is 6.43. The highest BCUT2D eigenvalue weighted by Gasteiger charge is 2.56. The molecule has 0 radical (unpaired) electrons. The Bertz CT molecular complexity index is 1110. The summed E-state index contributed by atoms with van der Waals surface area (Å²) in [6.45, 7) is 6.69. The molecule has 2 heterocycles. The molecule has 2 saturated heterocycles. The number of carbonyl (C=O) groups excluding carboxylic acids is 4. The van der Waals surface area contributed by atoms with Crippen molar-refractivity contribution in [1.82, 2.24) is 4.90 Å². The largest absolute Gasteiger partial charge is 0.481 e. The lowest BCUT2D eigenvalue weighted by Gasteiger charge is -2.36. The molecule has 1 spiro atoms. The number of piperidine rings is 1. The number of imide groups is 3. The number of rotatable bonds is 6. The highest BCUT2D eigenvalue weighted by Crippen LogP contribution is 2.43. The number of anilines is 1. The second-order valence-corrected chi connectivity index (χ2v) is 11.0. The third-order valence-electron chi connectivity index (χ3n) is 6.17. The molecule has 0 aliphatic carbocycles. The maximum Gasteiger partial charge on any atom is 0.424 e. The molecule has 9 nitrogen and oxygen atoms in total. The minimum absolute atomic E-state index is 0.0291. The molecule has 1 aromatic rings. The Kier molecular flexibility index (Phi) is 8.56. The first-order chi connectivity index (χ1) is 17.3. The van der Waals surface area contributed by atoms with E-state index in [0.29, 0.717) is 35.1 Å². The average Bonchev–Trinajstić information content (AvgIpc) is 3.15. The lowest BCUT2D eigenvalue weighted by molar-refractivity contribution is -0.155. The number of hydrogen-bond donors (Lipinski definition) is 1. The second-order valence-electron chi connectivity index (χ2n) is 10.6. The summed E-state index contributed by atoms with van der Waals surface area (Å²) in [5.41, 5.74) is -2.61. The van der Waals surface area contributed by atoms with Crippen LogP contribution in [0.2, 0.25) is 0 Å². The van der Waals surface area contributed by atoms with Crippen LogP contribution < -0.4 is 9.64 Å². The molecule has 2 atom stereocenters. The molecule has 2 aliphatic rings. The maximum absolute atomic E-state index is 13.3. The number of amides is 4. The molecule has 4 amide bonds. The van der Waals surface area contributed by atoms with E-state index in [-0.39, 0.29) is 38.3 Å². The molecular weight excluding hydrogens is 500 g/mol. The predicted octanol–water partition coefficient (Wildman–Crippen LogP) is 3.65. The van der Waals surface area contributed by atoms with Crippen molar-refractivity contribution in [1.29, 1.82) is 0 Å². The monoisotopic (exact) mass is 532 g/mol. The van der Waals surface area contributed by atoms with Crippen LogP contribution in [0.5, 0.6) is 5.75 Å². The van der Waals surface area contributed by atoms with E-state index in [1.54, 1.807) is 52.0 Å². The van der Waals surface area contributed by atoms with Crippen LogP contribution in [0.4, 0.5) is 10.5 Å². The van der Waals surface area contributed by atoms with Gasteiger partial charge in [0.1, 0.15) is 23.6 Å². The summed E-state index contributed by atoms with van der Waals surface area (Å²) in [6, 6.07) is 6.75. The van der Waals surface area contributed by atoms with Crippen molar-refractivity contribution in [3.05, 3.63) is 24.3 Å². The fraction of sp³-hybridized carbons (Fsp3) is 0.556. The quantitative estimate of drug-likeness (QED) is 0.338. The van der Waals surface area contributed by atoms with Gasteiger partial charge in [-0.25, -0.2) is 4.79 Å². The molecule has 0 bridgehead atoms. The van der Waals surface area contributed by atoms with E-state index in [1.165, 1.54) is 4.90 Å². The Labute approximate surface area is 222 Å². The number of carbonyl (C=O) groups is 4.